The van der Waals surface area contributed by atoms with E-state index in [2.05, 4.69) is 16.0 Å². The predicted octanol–water partition coefficient (Wildman–Crippen LogP) is 7.90. The molecule has 0 bridgehead atoms. The van der Waals surface area contributed by atoms with Gasteiger partial charge in [-0.05, 0) is 38.5 Å². The van der Waals surface area contributed by atoms with Gasteiger partial charge in [-0.2, -0.15) is 0 Å². The molecular weight excluding hydrogens is 522 g/mol. The van der Waals surface area contributed by atoms with E-state index in [0.29, 0.717) is 0 Å². The third-order valence-electron chi connectivity index (χ3n) is 8.52. The minimum Gasteiger partial charge on any atom is -0.410 e. The molecule has 1 aromatic carbocycles. The van der Waals surface area contributed by atoms with Gasteiger partial charge in [0.25, 0.3) is 0 Å². The Morgan fingerprint density at radius 1 is 0.415 bits per heavy atom. The average molecular weight is 572 g/mol. The minimum absolute atomic E-state index is 0.0870. The zero-order chi connectivity index (χ0) is 28.7. The van der Waals surface area contributed by atoms with Gasteiger partial charge in [0.15, 0.2) is 0 Å². The van der Waals surface area contributed by atoms with Crippen molar-refractivity contribution < 1.29 is 28.6 Å². The highest BCUT2D eigenvalue weighted by molar-refractivity contribution is 5.74. The van der Waals surface area contributed by atoms with Crippen molar-refractivity contribution in [1.82, 2.24) is 16.0 Å². The van der Waals surface area contributed by atoms with E-state index in [9.17, 15) is 14.4 Å². The minimum atomic E-state index is -0.580. The van der Waals surface area contributed by atoms with Crippen LogP contribution in [0.5, 0.6) is 17.2 Å². The Bertz CT molecular complexity index is 830. The van der Waals surface area contributed by atoms with E-state index in [0.717, 1.165) is 77.0 Å². The molecular formula is C32H49N3O6. The molecule has 4 aliphatic rings. The van der Waals surface area contributed by atoms with Crippen LogP contribution in [0.1, 0.15) is 128 Å². The molecule has 3 amide bonds. The molecule has 9 heteroatoms. The first-order chi connectivity index (χ1) is 20.0. The van der Waals surface area contributed by atoms with Crippen LogP contribution < -0.4 is 30.2 Å². The number of nitrogens with one attached hydrogen (secondary N) is 3. The normalized spacial score (nSPS) is 20.2. The van der Waals surface area contributed by atoms with E-state index in [4.69, 9.17) is 14.2 Å². The zero-order valence-corrected chi connectivity index (χ0v) is 24.6. The summed E-state index contributed by atoms with van der Waals surface area (Å²) in [6.45, 7) is 0. The predicted molar refractivity (Wildman–Crippen MR) is 158 cm³/mol. The summed E-state index contributed by atoms with van der Waals surface area (Å²) >= 11 is 0. The Morgan fingerprint density at radius 2 is 0.634 bits per heavy atom. The fraction of sp³-hybridized carbons (Fsp3) is 0.719. The van der Waals surface area contributed by atoms with Gasteiger partial charge in [0.1, 0.15) is 17.2 Å². The summed E-state index contributed by atoms with van der Waals surface area (Å²) in [6.07, 6.45) is 21.3. The highest BCUT2D eigenvalue weighted by Crippen LogP contribution is 2.29. The second-order valence-electron chi connectivity index (χ2n) is 12.0. The van der Waals surface area contributed by atoms with Gasteiger partial charge in [0.2, 0.25) is 0 Å². The second kappa shape index (κ2) is 17.1. The Kier molecular flexibility index (Phi) is 12.9. The molecule has 0 aliphatic heterocycles. The van der Waals surface area contributed by atoms with Gasteiger partial charge in [-0.3, -0.25) is 0 Å². The van der Waals surface area contributed by atoms with Gasteiger partial charge in [-0.25, -0.2) is 14.4 Å². The summed E-state index contributed by atoms with van der Waals surface area (Å²) in [4.78, 5) is 37.5. The van der Waals surface area contributed by atoms with E-state index < -0.39 is 18.3 Å². The lowest BCUT2D eigenvalue weighted by molar-refractivity contribution is 0.188. The van der Waals surface area contributed by atoms with Crippen molar-refractivity contribution in [3.63, 3.8) is 0 Å². The third-order valence-corrected chi connectivity index (χ3v) is 8.52. The topological polar surface area (TPSA) is 115 Å². The molecule has 0 radical (unpaired) electrons. The molecule has 5 rings (SSSR count). The molecule has 4 aliphatic carbocycles. The standard InChI is InChI=1S/C27H39N3O6.C5H10/c31-25(28-19-10-4-1-5-11-19)34-22-16-23(35-26(32)29-20-12-6-2-7-13-20)18-24(17-22)36-27(33)30-21-14-8-3-9-15-21;1-2-4-5-3-1/h16-21H,1-15H2,(H,28,31)(H,29,32)(H,30,33);1-5H2. The molecule has 4 fully saturated rings. The zero-order valence-electron chi connectivity index (χ0n) is 24.6. The van der Waals surface area contributed by atoms with Crippen LogP contribution in [0.15, 0.2) is 18.2 Å². The number of hydrogen-bond donors (Lipinski definition) is 3. The van der Waals surface area contributed by atoms with Crippen LogP contribution >= 0.6 is 0 Å². The van der Waals surface area contributed by atoms with Gasteiger partial charge < -0.3 is 30.2 Å². The maximum Gasteiger partial charge on any atom is 0.412 e. The highest BCUT2D eigenvalue weighted by atomic mass is 16.6. The van der Waals surface area contributed by atoms with Gasteiger partial charge in [-0.1, -0.05) is 89.9 Å². The summed E-state index contributed by atoms with van der Waals surface area (Å²) in [5.41, 5.74) is 0. The van der Waals surface area contributed by atoms with E-state index in [1.165, 1.54) is 69.6 Å². The molecule has 4 saturated carbocycles. The first kappa shape index (κ1) is 31.0. The molecule has 0 atom stereocenters. The van der Waals surface area contributed by atoms with Crippen LogP contribution in [-0.4, -0.2) is 36.4 Å². The molecule has 9 nitrogen and oxygen atoms in total. The number of ether oxygens (including phenoxy) is 3. The number of hydrogen-bond acceptors (Lipinski definition) is 6. The van der Waals surface area contributed by atoms with Crippen LogP contribution in [0, 0.1) is 0 Å². The van der Waals surface area contributed by atoms with Crippen LogP contribution in [-0.2, 0) is 0 Å². The fourth-order valence-corrected chi connectivity index (χ4v) is 6.26. The molecule has 0 unspecified atom stereocenters. The van der Waals surface area contributed by atoms with Crippen molar-refractivity contribution >= 4 is 18.3 Å². The summed E-state index contributed by atoms with van der Waals surface area (Å²) in [5, 5.41) is 8.68. The Hall–Kier alpha value is -2.97. The SMILES string of the molecule is C1CCCC1.O=C(NC1CCCCC1)Oc1cc(OC(=O)NC2CCCCC2)cc(OC(=O)NC2CCCCC2)c1. The van der Waals surface area contributed by atoms with E-state index in [1.54, 1.807) is 0 Å². The first-order valence-corrected chi connectivity index (χ1v) is 16.1. The number of benzene rings is 1. The van der Waals surface area contributed by atoms with Gasteiger partial charge >= 0.3 is 18.3 Å². The van der Waals surface area contributed by atoms with Gasteiger partial charge in [-0.15, -0.1) is 0 Å². The Morgan fingerprint density at radius 3 is 0.878 bits per heavy atom. The van der Waals surface area contributed by atoms with E-state index in [1.807, 2.05) is 0 Å². The number of carbonyl (C=O) groups is 3. The lowest BCUT2D eigenvalue weighted by atomic mass is 9.96. The Labute approximate surface area is 244 Å². The second-order valence-corrected chi connectivity index (χ2v) is 12.0. The smallest absolute Gasteiger partial charge is 0.410 e. The van der Waals surface area contributed by atoms with Crippen molar-refractivity contribution in [2.24, 2.45) is 0 Å². The molecule has 0 saturated heterocycles. The Balaban J connectivity index is 0.000000699. The van der Waals surface area contributed by atoms with E-state index >= 15 is 0 Å². The maximum atomic E-state index is 12.5. The monoisotopic (exact) mass is 571 g/mol. The summed E-state index contributed by atoms with van der Waals surface area (Å²) in [6, 6.07) is 4.61. The summed E-state index contributed by atoms with van der Waals surface area (Å²) in [5.74, 6) is 0.394. The van der Waals surface area contributed by atoms with Crippen LogP contribution in [0.4, 0.5) is 14.4 Å². The van der Waals surface area contributed by atoms with Crippen LogP contribution in [0.2, 0.25) is 0 Å². The van der Waals surface area contributed by atoms with E-state index in [-0.39, 0.29) is 35.4 Å². The summed E-state index contributed by atoms with van der Waals surface area (Å²) in [7, 11) is 0. The molecule has 3 N–H and O–H groups in total. The van der Waals surface area contributed by atoms with Crippen LogP contribution in [0.25, 0.3) is 0 Å². The lowest BCUT2D eigenvalue weighted by Gasteiger charge is -2.23. The van der Waals surface area contributed by atoms with Crippen molar-refractivity contribution in [3.8, 4) is 17.2 Å². The van der Waals surface area contributed by atoms with Crippen molar-refractivity contribution in [2.75, 3.05) is 0 Å². The number of carbonyl (C=O) groups excluding carboxylic acids is 3. The maximum absolute atomic E-state index is 12.5. The van der Waals surface area contributed by atoms with Crippen LogP contribution in [0.3, 0.4) is 0 Å². The van der Waals surface area contributed by atoms with Gasteiger partial charge in [0.05, 0.1) is 0 Å². The van der Waals surface area contributed by atoms with Crippen molar-refractivity contribution in [3.05, 3.63) is 18.2 Å². The van der Waals surface area contributed by atoms with Gasteiger partial charge in [0, 0.05) is 36.3 Å². The number of rotatable bonds is 6. The molecule has 41 heavy (non-hydrogen) atoms. The number of amides is 3. The fourth-order valence-electron chi connectivity index (χ4n) is 6.26. The van der Waals surface area contributed by atoms with Crippen molar-refractivity contribution in [1.29, 1.82) is 0 Å². The molecule has 0 spiro atoms. The summed E-state index contributed by atoms with van der Waals surface area (Å²) < 4.78 is 16.5. The average Bonchev–Trinajstić information content (AvgIpc) is 3.55. The molecule has 0 heterocycles. The highest BCUT2D eigenvalue weighted by Gasteiger charge is 2.21. The molecule has 228 valence electrons. The first-order valence-electron chi connectivity index (χ1n) is 16.1. The molecule has 0 aromatic heterocycles. The lowest BCUT2D eigenvalue weighted by Crippen LogP contribution is -2.38. The quantitative estimate of drug-likeness (QED) is 0.320. The largest absolute Gasteiger partial charge is 0.412 e. The molecule has 1 aromatic rings. The third kappa shape index (κ3) is 11.8. The van der Waals surface area contributed by atoms with Crippen molar-refractivity contribution in [2.45, 2.75) is 147 Å².